The lowest BCUT2D eigenvalue weighted by Gasteiger charge is -2.61. The van der Waals surface area contributed by atoms with Gasteiger partial charge in [0, 0.05) is 40.7 Å². The van der Waals surface area contributed by atoms with Crippen LogP contribution in [-0.4, -0.2) is 37.2 Å². The third-order valence-corrected chi connectivity index (χ3v) is 7.59. The van der Waals surface area contributed by atoms with Crippen LogP contribution in [0.1, 0.15) is 40.0 Å². The van der Waals surface area contributed by atoms with Crippen molar-refractivity contribution in [1.82, 2.24) is 10.6 Å². The molecule has 2 amide bonds. The van der Waals surface area contributed by atoms with Crippen molar-refractivity contribution in [3.63, 3.8) is 0 Å². The van der Waals surface area contributed by atoms with E-state index in [-0.39, 0.29) is 39.7 Å². The summed E-state index contributed by atoms with van der Waals surface area (Å²) in [5, 5.41) is 5.96. The number of halogens is 4. The molecule has 206 valence electrons. The van der Waals surface area contributed by atoms with E-state index in [1.165, 1.54) is 43.4 Å². The lowest BCUT2D eigenvalue weighted by atomic mass is 9.50. The van der Waals surface area contributed by atoms with E-state index in [0.717, 1.165) is 19.3 Å². The lowest BCUT2D eigenvalue weighted by molar-refractivity contribution is -0.153. The second-order valence-electron chi connectivity index (χ2n) is 10.4. The van der Waals surface area contributed by atoms with E-state index in [1.807, 2.05) is 0 Å². The van der Waals surface area contributed by atoms with Crippen LogP contribution in [0.25, 0.3) is 33.4 Å². The summed E-state index contributed by atoms with van der Waals surface area (Å²) < 4.78 is 64.2. The highest BCUT2D eigenvalue weighted by molar-refractivity contribution is 6.12. The van der Waals surface area contributed by atoms with E-state index in [0.29, 0.717) is 28.0 Å². The van der Waals surface area contributed by atoms with Gasteiger partial charge >= 0.3 is 6.18 Å². The molecule has 7 rings (SSSR count). The van der Waals surface area contributed by atoms with Crippen molar-refractivity contribution in [3.05, 3.63) is 77.6 Å². The Labute approximate surface area is 226 Å². The van der Waals surface area contributed by atoms with Crippen LogP contribution in [0.5, 0.6) is 5.75 Å². The predicted molar refractivity (Wildman–Crippen MR) is 140 cm³/mol. The monoisotopic (exact) mass is 552 g/mol. The number of furan rings is 1. The summed E-state index contributed by atoms with van der Waals surface area (Å²) in [6.07, 6.45) is -1.72. The van der Waals surface area contributed by atoms with Crippen molar-refractivity contribution in [1.29, 1.82) is 0 Å². The number of nitrogens with one attached hydrogen (secondary N) is 2. The van der Waals surface area contributed by atoms with Gasteiger partial charge in [-0.15, -0.1) is 0 Å². The van der Waals surface area contributed by atoms with Gasteiger partial charge in [-0.1, -0.05) is 12.1 Å². The molecule has 3 saturated carbocycles. The molecular formula is C30H24F4N2O4. The van der Waals surface area contributed by atoms with Crippen molar-refractivity contribution in [2.75, 3.05) is 13.7 Å². The number of hydrogen-bond acceptors (Lipinski definition) is 4. The van der Waals surface area contributed by atoms with E-state index in [1.54, 1.807) is 24.3 Å². The number of hydrogen-bond donors (Lipinski definition) is 2. The van der Waals surface area contributed by atoms with E-state index in [2.05, 4.69) is 10.6 Å². The molecule has 40 heavy (non-hydrogen) atoms. The fraction of sp³-hybridized carbons (Fsp3) is 0.267. The zero-order valence-electron chi connectivity index (χ0n) is 21.3. The Morgan fingerprint density at radius 3 is 2.35 bits per heavy atom. The number of carbonyl (C=O) groups is 2. The number of ether oxygens (including phenoxy) is 1. The van der Waals surface area contributed by atoms with Crippen molar-refractivity contribution in [2.45, 2.75) is 31.0 Å². The number of benzene rings is 3. The molecule has 3 aromatic carbocycles. The van der Waals surface area contributed by atoms with E-state index >= 15 is 0 Å². The number of rotatable bonds is 7. The van der Waals surface area contributed by atoms with Crippen LogP contribution in [0, 0.1) is 11.7 Å². The molecular weight excluding hydrogens is 528 g/mol. The average molecular weight is 553 g/mol. The van der Waals surface area contributed by atoms with E-state index in [9.17, 15) is 27.2 Å². The van der Waals surface area contributed by atoms with Gasteiger partial charge in [0.1, 0.15) is 22.9 Å². The van der Waals surface area contributed by atoms with Gasteiger partial charge in [-0.25, -0.2) is 4.39 Å². The maximum atomic E-state index is 13.6. The molecule has 4 aromatic rings. The first-order valence-corrected chi connectivity index (χ1v) is 12.8. The maximum absolute atomic E-state index is 13.6. The van der Waals surface area contributed by atoms with Crippen molar-refractivity contribution in [2.24, 2.45) is 5.92 Å². The standard InChI is InChI=1S/C30H24F4N2O4/c1-35-28(38)25-22-10-21(18-3-2-4-19(9-18)27(37)36-29-12-16(13-29)14-29)23(39-15-30(32,33)34)11-24(22)40-26(25)17-5-7-20(31)8-6-17/h2-11,16H,12-15H2,1H3,(H,35,38)(H,36,37). The van der Waals surface area contributed by atoms with Crippen molar-refractivity contribution >= 4 is 22.8 Å². The van der Waals surface area contributed by atoms with Gasteiger partial charge in [-0.2, -0.15) is 13.2 Å². The van der Waals surface area contributed by atoms with Crippen molar-refractivity contribution < 1.29 is 36.3 Å². The molecule has 1 heterocycles. The summed E-state index contributed by atoms with van der Waals surface area (Å²) in [6.45, 7) is -1.55. The minimum Gasteiger partial charge on any atom is -0.483 e. The highest BCUT2D eigenvalue weighted by Gasteiger charge is 2.57. The SMILES string of the molecule is CNC(=O)c1c(-c2ccc(F)cc2)oc2cc(OCC(F)(F)F)c(-c3cccc(C(=O)NC45CC(C4)C5)c3)cc12. The minimum atomic E-state index is -4.60. The molecule has 0 atom stereocenters. The van der Waals surface area contributed by atoms with Gasteiger partial charge in [0.2, 0.25) is 0 Å². The first-order valence-electron chi connectivity index (χ1n) is 12.8. The second-order valence-corrected chi connectivity index (χ2v) is 10.4. The smallest absolute Gasteiger partial charge is 0.422 e. The molecule has 1 aromatic heterocycles. The first-order chi connectivity index (χ1) is 19.0. The molecule has 0 radical (unpaired) electrons. The normalized spacial score (nSPS) is 19.5. The van der Waals surface area contributed by atoms with Crippen molar-refractivity contribution in [3.8, 4) is 28.2 Å². The summed E-state index contributed by atoms with van der Waals surface area (Å²) in [5.41, 5.74) is 1.53. The third kappa shape index (κ3) is 4.67. The average Bonchev–Trinajstić information content (AvgIpc) is 3.26. The van der Waals surface area contributed by atoms with E-state index in [4.69, 9.17) is 9.15 Å². The molecule has 3 fully saturated rings. The first kappa shape index (κ1) is 25.9. The van der Waals surface area contributed by atoms with Gasteiger partial charge in [0.15, 0.2) is 6.61 Å². The number of fused-ring (bicyclic) bond motifs is 1. The van der Waals surface area contributed by atoms with Crippen LogP contribution >= 0.6 is 0 Å². The Morgan fingerprint density at radius 2 is 1.73 bits per heavy atom. The summed E-state index contributed by atoms with van der Waals surface area (Å²) in [7, 11) is 1.44. The molecule has 0 spiro atoms. The summed E-state index contributed by atoms with van der Waals surface area (Å²) in [5.74, 6) is -0.573. The van der Waals surface area contributed by atoms with Crippen LogP contribution in [-0.2, 0) is 0 Å². The minimum absolute atomic E-state index is 0.108. The molecule has 10 heteroatoms. The third-order valence-electron chi connectivity index (χ3n) is 7.59. The summed E-state index contributed by atoms with van der Waals surface area (Å²) in [4.78, 5) is 26.0. The zero-order chi connectivity index (χ0) is 28.2. The Hall–Kier alpha value is -4.34. The van der Waals surface area contributed by atoms with Gasteiger partial charge in [0.25, 0.3) is 11.8 Å². The van der Waals surface area contributed by atoms with Gasteiger partial charge in [-0.05, 0) is 73.2 Å². The number of alkyl halides is 3. The summed E-state index contributed by atoms with van der Waals surface area (Å²) >= 11 is 0. The van der Waals surface area contributed by atoms with Gasteiger partial charge < -0.3 is 19.8 Å². The predicted octanol–water partition coefficient (Wildman–Crippen LogP) is 6.49. The second kappa shape index (κ2) is 9.39. The van der Waals surface area contributed by atoms with Gasteiger partial charge in [0.05, 0.1) is 5.56 Å². The summed E-state index contributed by atoms with van der Waals surface area (Å²) in [6, 6.07) is 14.6. The largest absolute Gasteiger partial charge is 0.483 e. The highest BCUT2D eigenvalue weighted by Crippen LogP contribution is 2.57. The van der Waals surface area contributed by atoms with Crippen LogP contribution in [0.2, 0.25) is 0 Å². The Balaban J connectivity index is 1.47. The molecule has 3 aliphatic rings. The molecule has 0 unspecified atom stereocenters. The molecule has 2 N–H and O–H groups in total. The zero-order valence-corrected chi connectivity index (χ0v) is 21.3. The Morgan fingerprint density at radius 1 is 1.00 bits per heavy atom. The van der Waals surface area contributed by atoms with Crippen LogP contribution in [0.15, 0.2) is 65.1 Å². The fourth-order valence-corrected chi connectivity index (χ4v) is 5.56. The Bertz CT molecular complexity index is 1630. The van der Waals surface area contributed by atoms with Gasteiger partial charge in [-0.3, -0.25) is 9.59 Å². The quantitative estimate of drug-likeness (QED) is 0.257. The topological polar surface area (TPSA) is 80.6 Å². The molecule has 6 nitrogen and oxygen atoms in total. The molecule has 3 aliphatic carbocycles. The fourth-order valence-electron chi connectivity index (χ4n) is 5.56. The molecule has 2 bridgehead atoms. The maximum Gasteiger partial charge on any atom is 0.422 e. The highest BCUT2D eigenvalue weighted by atomic mass is 19.4. The molecule has 0 aliphatic heterocycles. The van der Waals surface area contributed by atoms with Crippen LogP contribution in [0.4, 0.5) is 17.6 Å². The number of carbonyl (C=O) groups excluding carboxylic acids is 2. The lowest BCUT2D eigenvalue weighted by Crippen LogP contribution is -2.68. The number of amides is 2. The molecule has 0 saturated heterocycles. The van der Waals surface area contributed by atoms with Crippen LogP contribution < -0.4 is 15.4 Å². The van der Waals surface area contributed by atoms with E-state index < -0.39 is 24.5 Å². The Kier molecular flexibility index (Phi) is 6.08. The van der Waals surface area contributed by atoms with Crippen LogP contribution in [0.3, 0.4) is 0 Å².